The van der Waals surface area contributed by atoms with Gasteiger partial charge < -0.3 is 0 Å². The first-order chi connectivity index (χ1) is 11.6. The molecule has 124 valence electrons. The molecule has 0 atom stereocenters. The maximum Gasteiger partial charge on any atom is 0.194 e. The molecule has 0 heterocycles. The van der Waals surface area contributed by atoms with Crippen LogP contribution in [-0.2, 0) is 6.42 Å². The molecule has 0 amide bonds. The molecule has 0 bridgehead atoms. The Labute approximate surface area is 151 Å². The number of carbonyl (C=O) groups excluding carboxylic acids is 2. The van der Waals surface area contributed by atoms with Gasteiger partial charge in [-0.05, 0) is 30.5 Å². The van der Waals surface area contributed by atoms with E-state index >= 15 is 0 Å². The van der Waals surface area contributed by atoms with Gasteiger partial charge in [-0.1, -0.05) is 72.8 Å². The zero-order valence-electron chi connectivity index (χ0n) is 13.9. The molecule has 3 heteroatoms. The maximum atomic E-state index is 12.8. The van der Waals surface area contributed by atoms with Crippen LogP contribution >= 0.6 is 15.9 Å². The number of rotatable bonds is 6. The third-order valence-corrected chi connectivity index (χ3v) is 5.38. The molecule has 0 saturated carbocycles. The number of unbranched alkanes of at least 4 members (excludes halogenated alkanes) is 4. The zero-order chi connectivity index (χ0) is 17.1. The monoisotopic (exact) mass is 384 g/mol. The molecule has 0 radical (unpaired) electrons. The lowest BCUT2D eigenvalue weighted by molar-refractivity contribution is 0.0979. The van der Waals surface area contributed by atoms with Crippen LogP contribution in [0.3, 0.4) is 0 Å². The molecule has 0 spiro atoms. The second-order valence-electron chi connectivity index (χ2n) is 6.36. The van der Waals surface area contributed by atoms with Crippen LogP contribution in [0.1, 0.15) is 76.4 Å². The van der Waals surface area contributed by atoms with E-state index in [1.165, 1.54) is 25.7 Å². The topological polar surface area (TPSA) is 34.1 Å². The molecular weight excluding hydrogens is 364 g/mol. The summed E-state index contributed by atoms with van der Waals surface area (Å²) in [6.07, 6.45) is 7.00. The van der Waals surface area contributed by atoms with Gasteiger partial charge in [0.2, 0.25) is 0 Å². The van der Waals surface area contributed by atoms with Crippen LogP contribution in [0.5, 0.6) is 0 Å². The molecule has 0 N–H and O–H groups in total. The number of hydrogen-bond acceptors (Lipinski definition) is 2. The lowest BCUT2D eigenvalue weighted by atomic mass is 9.83. The highest BCUT2D eigenvalue weighted by molar-refractivity contribution is 9.10. The van der Waals surface area contributed by atoms with E-state index in [2.05, 4.69) is 22.9 Å². The fourth-order valence-electron chi connectivity index (χ4n) is 3.27. The van der Waals surface area contributed by atoms with Crippen molar-refractivity contribution in [3.63, 3.8) is 0 Å². The van der Waals surface area contributed by atoms with Crippen molar-refractivity contribution in [2.75, 3.05) is 0 Å². The molecule has 0 unspecified atom stereocenters. The van der Waals surface area contributed by atoms with E-state index in [0.717, 1.165) is 22.9 Å². The smallest absolute Gasteiger partial charge is 0.194 e. The van der Waals surface area contributed by atoms with Gasteiger partial charge in [-0.2, -0.15) is 0 Å². The number of hydrogen-bond donors (Lipinski definition) is 0. The minimum Gasteiger partial charge on any atom is -0.289 e. The Morgan fingerprint density at radius 2 is 1.38 bits per heavy atom. The molecule has 0 aromatic heterocycles. The van der Waals surface area contributed by atoms with Crippen molar-refractivity contribution in [1.29, 1.82) is 0 Å². The molecule has 1 aliphatic rings. The average Bonchev–Trinajstić information content (AvgIpc) is 2.60. The minimum atomic E-state index is -0.0598. The molecule has 2 aromatic carbocycles. The average molecular weight is 385 g/mol. The fourth-order valence-corrected chi connectivity index (χ4v) is 3.82. The van der Waals surface area contributed by atoms with Crippen molar-refractivity contribution in [1.82, 2.24) is 0 Å². The van der Waals surface area contributed by atoms with Crippen molar-refractivity contribution in [2.45, 2.75) is 45.4 Å². The molecule has 0 aliphatic heterocycles. The van der Waals surface area contributed by atoms with E-state index in [0.29, 0.717) is 22.3 Å². The van der Waals surface area contributed by atoms with Gasteiger partial charge in [-0.3, -0.25) is 9.59 Å². The third kappa shape index (κ3) is 3.23. The lowest BCUT2D eigenvalue weighted by Crippen LogP contribution is -2.21. The van der Waals surface area contributed by atoms with Gasteiger partial charge >= 0.3 is 0 Å². The Hall–Kier alpha value is -1.74. The zero-order valence-corrected chi connectivity index (χ0v) is 15.5. The van der Waals surface area contributed by atoms with Crippen molar-refractivity contribution >= 4 is 27.5 Å². The van der Waals surface area contributed by atoms with Crippen molar-refractivity contribution in [3.05, 3.63) is 68.7 Å². The number of aryl methyl sites for hydroxylation is 1. The van der Waals surface area contributed by atoms with Gasteiger partial charge in [0.05, 0.1) is 0 Å². The van der Waals surface area contributed by atoms with Crippen molar-refractivity contribution in [2.24, 2.45) is 0 Å². The normalized spacial score (nSPS) is 12.9. The predicted octanol–water partition coefficient (Wildman–Crippen LogP) is 5.74. The van der Waals surface area contributed by atoms with Crippen LogP contribution in [0.15, 0.2) is 40.9 Å². The summed E-state index contributed by atoms with van der Waals surface area (Å²) in [4.78, 5) is 25.4. The van der Waals surface area contributed by atoms with Crippen LogP contribution in [0, 0.1) is 0 Å². The van der Waals surface area contributed by atoms with Gasteiger partial charge in [0, 0.05) is 26.7 Å². The molecule has 0 saturated heterocycles. The third-order valence-electron chi connectivity index (χ3n) is 4.64. The van der Waals surface area contributed by atoms with Gasteiger partial charge in [-0.15, -0.1) is 0 Å². The summed E-state index contributed by atoms with van der Waals surface area (Å²) in [5.74, 6) is -0.102. The highest BCUT2D eigenvalue weighted by atomic mass is 79.9. The summed E-state index contributed by atoms with van der Waals surface area (Å²) >= 11 is 3.58. The van der Waals surface area contributed by atoms with Crippen LogP contribution < -0.4 is 0 Å². The van der Waals surface area contributed by atoms with Gasteiger partial charge in [0.1, 0.15) is 0 Å². The first-order valence-electron chi connectivity index (χ1n) is 8.64. The molecular formula is C21H21BrO2. The number of carbonyl (C=O) groups is 2. The first kappa shape index (κ1) is 17.1. The summed E-state index contributed by atoms with van der Waals surface area (Å²) in [5.41, 5.74) is 3.21. The Morgan fingerprint density at radius 3 is 2.00 bits per heavy atom. The van der Waals surface area contributed by atoms with Gasteiger partial charge in [-0.25, -0.2) is 0 Å². The number of ketones is 2. The Bertz CT molecular complexity index is 792. The van der Waals surface area contributed by atoms with Crippen LogP contribution in [0.2, 0.25) is 0 Å². The summed E-state index contributed by atoms with van der Waals surface area (Å²) in [6, 6.07) is 10.8. The largest absolute Gasteiger partial charge is 0.289 e. The molecule has 0 fully saturated rings. The maximum absolute atomic E-state index is 12.8. The summed E-state index contributed by atoms with van der Waals surface area (Å²) in [7, 11) is 0. The molecule has 2 nitrogen and oxygen atoms in total. The van der Waals surface area contributed by atoms with Crippen LogP contribution in [-0.4, -0.2) is 11.6 Å². The van der Waals surface area contributed by atoms with E-state index in [4.69, 9.17) is 0 Å². The Morgan fingerprint density at radius 1 is 0.792 bits per heavy atom. The number of halogens is 1. The summed E-state index contributed by atoms with van der Waals surface area (Å²) < 4.78 is 0.928. The lowest BCUT2D eigenvalue weighted by Gasteiger charge is -2.19. The highest BCUT2D eigenvalue weighted by Gasteiger charge is 2.30. The summed E-state index contributed by atoms with van der Waals surface area (Å²) in [6.45, 7) is 2.21. The van der Waals surface area contributed by atoms with E-state index in [-0.39, 0.29) is 11.6 Å². The van der Waals surface area contributed by atoms with Gasteiger partial charge in [0.15, 0.2) is 11.6 Å². The van der Waals surface area contributed by atoms with Crippen LogP contribution in [0.25, 0.3) is 0 Å². The molecule has 24 heavy (non-hydrogen) atoms. The first-order valence-corrected chi connectivity index (χ1v) is 9.43. The van der Waals surface area contributed by atoms with E-state index < -0.39 is 0 Å². The van der Waals surface area contributed by atoms with E-state index in [1.54, 1.807) is 18.2 Å². The molecule has 3 rings (SSSR count). The van der Waals surface area contributed by atoms with E-state index in [1.807, 2.05) is 18.2 Å². The standard InChI is InChI=1S/C21H21BrO2/c1-2-3-4-5-6-9-14-12-17-18(13-19(14)22)21(24)16-11-8-7-10-15(16)20(17)23/h7-8,10-13H,2-6,9H2,1H3. The van der Waals surface area contributed by atoms with Crippen LogP contribution in [0.4, 0.5) is 0 Å². The molecule has 1 aliphatic carbocycles. The number of benzene rings is 2. The predicted molar refractivity (Wildman–Crippen MR) is 99.9 cm³/mol. The fraction of sp³-hybridized carbons (Fsp3) is 0.333. The van der Waals surface area contributed by atoms with Crippen molar-refractivity contribution in [3.8, 4) is 0 Å². The minimum absolute atomic E-state index is 0.0417. The van der Waals surface area contributed by atoms with Crippen molar-refractivity contribution < 1.29 is 9.59 Å². The Kier molecular flexibility index (Phi) is 5.30. The van der Waals surface area contributed by atoms with E-state index in [9.17, 15) is 9.59 Å². The SMILES string of the molecule is CCCCCCCc1cc2c(cc1Br)C(=O)c1ccccc1C2=O. The number of fused-ring (bicyclic) bond motifs is 2. The Balaban J connectivity index is 1.87. The highest BCUT2D eigenvalue weighted by Crippen LogP contribution is 2.32. The molecule has 2 aromatic rings. The summed E-state index contributed by atoms with van der Waals surface area (Å²) in [5, 5.41) is 0. The van der Waals surface area contributed by atoms with Gasteiger partial charge in [0.25, 0.3) is 0 Å². The second-order valence-corrected chi connectivity index (χ2v) is 7.21. The second kappa shape index (κ2) is 7.43. The quantitative estimate of drug-likeness (QED) is 0.507.